The van der Waals surface area contributed by atoms with Crippen LogP contribution >= 0.6 is 0 Å². The fourth-order valence-electron chi connectivity index (χ4n) is 2.44. The second kappa shape index (κ2) is 6.21. The second-order valence-corrected chi connectivity index (χ2v) is 5.57. The van der Waals surface area contributed by atoms with Crippen LogP contribution in [-0.2, 0) is 0 Å². The van der Waals surface area contributed by atoms with Gasteiger partial charge in [-0.25, -0.2) is 0 Å². The molecule has 7 heteroatoms. The third-order valence-electron chi connectivity index (χ3n) is 3.70. The number of likely N-dealkylation sites (N-methyl/N-ethyl adjacent to an activating group) is 2. The van der Waals surface area contributed by atoms with Crippen molar-refractivity contribution in [1.29, 1.82) is 0 Å². The van der Waals surface area contributed by atoms with E-state index in [1.54, 1.807) is 0 Å². The van der Waals surface area contributed by atoms with E-state index in [4.69, 9.17) is 0 Å². The summed E-state index contributed by atoms with van der Waals surface area (Å²) in [6, 6.07) is 0.455. The maximum atomic E-state index is 4.55. The largest absolute Gasteiger partial charge is 0.357 e. The molecule has 0 radical (unpaired) electrons. The number of likely N-dealkylation sites (tertiary alicyclic amines) is 1. The van der Waals surface area contributed by atoms with Gasteiger partial charge in [0.1, 0.15) is 0 Å². The number of aromatic nitrogens is 3. The normalized spacial score (nSPS) is 19.8. The summed E-state index contributed by atoms with van der Waals surface area (Å²) < 4.78 is 0. The summed E-state index contributed by atoms with van der Waals surface area (Å²) in [5.74, 6) is 2.01. The van der Waals surface area contributed by atoms with Gasteiger partial charge < -0.3 is 20.0 Å². The first-order valence-electron chi connectivity index (χ1n) is 7.03. The molecule has 0 saturated carbocycles. The van der Waals surface area contributed by atoms with Crippen molar-refractivity contribution < 1.29 is 0 Å². The standard InChI is InChI=1S/C13H25N7/c1-14-11-15-12(18(2)3)17-13(16-11)20(5)10-7-6-8-19(4)9-10/h10H,6-9H2,1-5H3,(H,14,15,16,17). The molecule has 0 aromatic carbocycles. The molecule has 1 unspecified atom stereocenters. The molecule has 1 aromatic rings. The highest BCUT2D eigenvalue weighted by Gasteiger charge is 2.23. The first-order chi connectivity index (χ1) is 9.51. The van der Waals surface area contributed by atoms with Crippen molar-refractivity contribution >= 4 is 17.8 Å². The summed E-state index contributed by atoms with van der Waals surface area (Å²) in [7, 11) is 9.93. The Morgan fingerprint density at radius 1 is 1.15 bits per heavy atom. The lowest BCUT2D eigenvalue weighted by Crippen LogP contribution is -2.45. The Morgan fingerprint density at radius 2 is 1.85 bits per heavy atom. The van der Waals surface area contributed by atoms with E-state index in [9.17, 15) is 0 Å². The highest BCUT2D eigenvalue weighted by Crippen LogP contribution is 2.20. The summed E-state index contributed by atoms with van der Waals surface area (Å²) in [5.41, 5.74) is 0. The van der Waals surface area contributed by atoms with E-state index in [1.165, 1.54) is 19.4 Å². The lowest BCUT2D eigenvalue weighted by atomic mass is 10.1. The quantitative estimate of drug-likeness (QED) is 0.861. The van der Waals surface area contributed by atoms with E-state index in [1.807, 2.05) is 26.0 Å². The van der Waals surface area contributed by atoms with Gasteiger partial charge in [0.25, 0.3) is 0 Å². The predicted molar refractivity (Wildman–Crippen MR) is 82.6 cm³/mol. The molecule has 112 valence electrons. The van der Waals surface area contributed by atoms with Crippen molar-refractivity contribution in [2.24, 2.45) is 0 Å². The number of hydrogen-bond acceptors (Lipinski definition) is 7. The number of anilines is 3. The van der Waals surface area contributed by atoms with Gasteiger partial charge in [0.15, 0.2) is 0 Å². The number of piperidine rings is 1. The summed E-state index contributed by atoms with van der Waals surface area (Å²) in [5, 5.41) is 3.00. The van der Waals surface area contributed by atoms with Crippen LogP contribution in [0, 0.1) is 0 Å². The minimum atomic E-state index is 0.455. The molecule has 0 amide bonds. The van der Waals surface area contributed by atoms with Crippen LogP contribution in [0.2, 0.25) is 0 Å². The molecule has 0 bridgehead atoms. The van der Waals surface area contributed by atoms with Crippen LogP contribution in [0.25, 0.3) is 0 Å². The summed E-state index contributed by atoms with van der Waals surface area (Å²) in [6.45, 7) is 2.22. The van der Waals surface area contributed by atoms with Crippen molar-refractivity contribution in [3.8, 4) is 0 Å². The topological polar surface area (TPSA) is 60.4 Å². The van der Waals surface area contributed by atoms with E-state index >= 15 is 0 Å². The molecule has 1 fully saturated rings. The highest BCUT2D eigenvalue weighted by atomic mass is 15.4. The first kappa shape index (κ1) is 14.8. The third-order valence-corrected chi connectivity index (χ3v) is 3.70. The summed E-state index contributed by atoms with van der Waals surface area (Å²) in [6.07, 6.45) is 2.40. The zero-order chi connectivity index (χ0) is 14.7. The van der Waals surface area contributed by atoms with Gasteiger partial charge in [-0.1, -0.05) is 0 Å². The minimum Gasteiger partial charge on any atom is -0.357 e. The van der Waals surface area contributed by atoms with E-state index in [0.717, 1.165) is 12.5 Å². The van der Waals surface area contributed by atoms with Crippen molar-refractivity contribution in [2.75, 3.05) is 63.4 Å². The van der Waals surface area contributed by atoms with Crippen LogP contribution in [0.4, 0.5) is 17.8 Å². The highest BCUT2D eigenvalue weighted by molar-refractivity contribution is 5.44. The van der Waals surface area contributed by atoms with Crippen LogP contribution in [0.15, 0.2) is 0 Å². The molecule has 7 nitrogen and oxygen atoms in total. The molecule has 0 aliphatic carbocycles. The molecule has 20 heavy (non-hydrogen) atoms. The van der Waals surface area contributed by atoms with Crippen molar-refractivity contribution in [2.45, 2.75) is 18.9 Å². The first-order valence-corrected chi connectivity index (χ1v) is 7.03. The maximum Gasteiger partial charge on any atom is 0.231 e. The van der Waals surface area contributed by atoms with Crippen molar-refractivity contribution in [3.05, 3.63) is 0 Å². The zero-order valence-electron chi connectivity index (χ0n) is 13.1. The minimum absolute atomic E-state index is 0.455. The van der Waals surface area contributed by atoms with Crippen LogP contribution in [0.1, 0.15) is 12.8 Å². The second-order valence-electron chi connectivity index (χ2n) is 5.57. The van der Waals surface area contributed by atoms with Crippen LogP contribution in [-0.4, -0.2) is 74.2 Å². The molecule has 1 aromatic heterocycles. The van der Waals surface area contributed by atoms with Crippen LogP contribution in [0.5, 0.6) is 0 Å². The fourth-order valence-corrected chi connectivity index (χ4v) is 2.44. The van der Waals surface area contributed by atoms with Crippen LogP contribution < -0.4 is 15.1 Å². The maximum absolute atomic E-state index is 4.55. The molecule has 0 spiro atoms. The van der Waals surface area contributed by atoms with Gasteiger partial charge in [0, 0.05) is 40.8 Å². The van der Waals surface area contributed by atoms with Crippen molar-refractivity contribution in [3.63, 3.8) is 0 Å². The number of rotatable bonds is 4. The summed E-state index contributed by atoms with van der Waals surface area (Å²) in [4.78, 5) is 19.8. The Labute approximate surface area is 121 Å². The van der Waals surface area contributed by atoms with Gasteiger partial charge in [0.2, 0.25) is 17.8 Å². The molecular formula is C13H25N7. The van der Waals surface area contributed by atoms with Crippen LogP contribution in [0.3, 0.4) is 0 Å². The van der Waals surface area contributed by atoms with Gasteiger partial charge in [-0.15, -0.1) is 0 Å². The number of nitrogens with one attached hydrogen (secondary N) is 1. The van der Waals surface area contributed by atoms with E-state index in [0.29, 0.717) is 17.9 Å². The lowest BCUT2D eigenvalue weighted by Gasteiger charge is -2.36. The SMILES string of the molecule is CNc1nc(N(C)C)nc(N(C)C2CCCN(C)C2)n1. The number of hydrogen-bond donors (Lipinski definition) is 1. The Balaban J connectivity index is 2.23. The molecule has 1 aliphatic heterocycles. The molecule has 2 rings (SSSR count). The average Bonchev–Trinajstić information content (AvgIpc) is 2.45. The average molecular weight is 279 g/mol. The molecule has 1 N–H and O–H groups in total. The van der Waals surface area contributed by atoms with Crippen molar-refractivity contribution in [1.82, 2.24) is 19.9 Å². The zero-order valence-corrected chi connectivity index (χ0v) is 13.1. The Morgan fingerprint density at radius 3 is 2.45 bits per heavy atom. The molecule has 1 atom stereocenters. The Kier molecular flexibility index (Phi) is 4.59. The van der Waals surface area contributed by atoms with Gasteiger partial charge in [-0.05, 0) is 26.4 Å². The Bertz CT molecular complexity index is 448. The van der Waals surface area contributed by atoms with E-state index < -0.39 is 0 Å². The van der Waals surface area contributed by atoms with Gasteiger partial charge >= 0.3 is 0 Å². The lowest BCUT2D eigenvalue weighted by molar-refractivity contribution is 0.247. The van der Waals surface area contributed by atoms with Gasteiger partial charge in [0.05, 0.1) is 0 Å². The molecular weight excluding hydrogens is 254 g/mol. The van der Waals surface area contributed by atoms with E-state index in [2.05, 4.69) is 44.2 Å². The molecule has 1 aliphatic rings. The number of nitrogens with zero attached hydrogens (tertiary/aromatic N) is 6. The predicted octanol–water partition coefficient (Wildman–Crippen LogP) is 0.510. The third kappa shape index (κ3) is 3.27. The monoisotopic (exact) mass is 279 g/mol. The van der Waals surface area contributed by atoms with Gasteiger partial charge in [-0.2, -0.15) is 15.0 Å². The molecule has 1 saturated heterocycles. The van der Waals surface area contributed by atoms with E-state index in [-0.39, 0.29) is 0 Å². The molecule has 2 heterocycles. The Hall–Kier alpha value is -1.63. The van der Waals surface area contributed by atoms with Gasteiger partial charge in [-0.3, -0.25) is 0 Å². The summed E-state index contributed by atoms with van der Waals surface area (Å²) >= 11 is 0. The smallest absolute Gasteiger partial charge is 0.231 e. The fraction of sp³-hybridized carbons (Fsp3) is 0.769.